The van der Waals surface area contributed by atoms with Crippen LogP contribution in [0.3, 0.4) is 0 Å². The standard InChI is InChI=1S/C13H15F2N3/c1-9(2)8-18-4-3-16-13(18)17-12-6-10(14)5-11(15)7-12/h3-7,9H,8H2,1-2H3,(H,16,17). The molecule has 0 aliphatic rings. The highest BCUT2D eigenvalue weighted by molar-refractivity contribution is 5.53. The first-order valence-electron chi connectivity index (χ1n) is 5.79. The van der Waals surface area contributed by atoms with Crippen molar-refractivity contribution in [2.75, 3.05) is 5.32 Å². The van der Waals surface area contributed by atoms with Crippen LogP contribution in [0.15, 0.2) is 30.6 Å². The van der Waals surface area contributed by atoms with Gasteiger partial charge in [0, 0.05) is 30.7 Å². The highest BCUT2D eigenvalue weighted by atomic mass is 19.1. The fraction of sp³-hybridized carbons (Fsp3) is 0.308. The lowest BCUT2D eigenvalue weighted by Gasteiger charge is -2.11. The van der Waals surface area contributed by atoms with E-state index in [4.69, 9.17) is 0 Å². The van der Waals surface area contributed by atoms with Gasteiger partial charge in [-0.15, -0.1) is 0 Å². The zero-order chi connectivity index (χ0) is 13.1. The van der Waals surface area contributed by atoms with Gasteiger partial charge >= 0.3 is 0 Å². The number of hydrogen-bond acceptors (Lipinski definition) is 2. The van der Waals surface area contributed by atoms with Crippen LogP contribution in [-0.4, -0.2) is 9.55 Å². The van der Waals surface area contributed by atoms with Crippen molar-refractivity contribution in [2.45, 2.75) is 20.4 Å². The van der Waals surface area contributed by atoms with E-state index >= 15 is 0 Å². The average Bonchev–Trinajstić information content (AvgIpc) is 2.63. The number of nitrogens with one attached hydrogen (secondary N) is 1. The van der Waals surface area contributed by atoms with Gasteiger partial charge in [0.15, 0.2) is 0 Å². The molecular weight excluding hydrogens is 236 g/mol. The molecule has 0 bridgehead atoms. The zero-order valence-electron chi connectivity index (χ0n) is 10.3. The molecule has 2 aromatic rings. The second kappa shape index (κ2) is 5.16. The third kappa shape index (κ3) is 3.06. The smallest absolute Gasteiger partial charge is 0.207 e. The largest absolute Gasteiger partial charge is 0.325 e. The molecule has 0 aliphatic carbocycles. The molecule has 1 aromatic heterocycles. The van der Waals surface area contributed by atoms with Gasteiger partial charge in [-0.2, -0.15) is 0 Å². The number of nitrogens with zero attached hydrogens (tertiary/aromatic N) is 2. The van der Waals surface area contributed by atoms with Gasteiger partial charge in [0.25, 0.3) is 0 Å². The summed E-state index contributed by atoms with van der Waals surface area (Å²) in [6.07, 6.45) is 3.48. The van der Waals surface area contributed by atoms with Gasteiger partial charge < -0.3 is 9.88 Å². The van der Waals surface area contributed by atoms with Crippen molar-refractivity contribution in [3.8, 4) is 0 Å². The predicted molar refractivity (Wildman–Crippen MR) is 66.7 cm³/mol. The van der Waals surface area contributed by atoms with Gasteiger partial charge in [0.2, 0.25) is 5.95 Å². The van der Waals surface area contributed by atoms with Crippen LogP contribution in [0.1, 0.15) is 13.8 Å². The maximum atomic E-state index is 13.1. The van der Waals surface area contributed by atoms with E-state index in [0.717, 1.165) is 12.6 Å². The molecule has 0 saturated heterocycles. The molecule has 1 aromatic carbocycles. The Morgan fingerprint density at radius 3 is 2.50 bits per heavy atom. The van der Waals surface area contributed by atoms with Crippen LogP contribution >= 0.6 is 0 Å². The average molecular weight is 251 g/mol. The number of rotatable bonds is 4. The minimum Gasteiger partial charge on any atom is -0.325 e. The van der Waals surface area contributed by atoms with Crippen LogP contribution < -0.4 is 5.32 Å². The number of imidazole rings is 1. The van der Waals surface area contributed by atoms with E-state index < -0.39 is 11.6 Å². The summed E-state index contributed by atoms with van der Waals surface area (Å²) >= 11 is 0. The lowest BCUT2D eigenvalue weighted by atomic mass is 10.2. The van der Waals surface area contributed by atoms with Crippen LogP contribution in [0, 0.1) is 17.6 Å². The summed E-state index contributed by atoms with van der Waals surface area (Å²) in [6.45, 7) is 4.97. The molecule has 2 rings (SSSR count). The molecule has 0 fully saturated rings. The summed E-state index contributed by atoms with van der Waals surface area (Å²) < 4.78 is 28.0. The van der Waals surface area contributed by atoms with Crippen molar-refractivity contribution in [3.05, 3.63) is 42.2 Å². The Bertz CT molecular complexity index is 515. The normalized spacial score (nSPS) is 10.9. The number of benzene rings is 1. The van der Waals surface area contributed by atoms with Crippen LogP contribution in [0.4, 0.5) is 20.4 Å². The van der Waals surface area contributed by atoms with Crippen molar-refractivity contribution in [2.24, 2.45) is 5.92 Å². The third-order valence-corrected chi connectivity index (χ3v) is 2.40. The molecule has 0 unspecified atom stereocenters. The molecular formula is C13H15F2N3. The monoisotopic (exact) mass is 251 g/mol. The van der Waals surface area contributed by atoms with Crippen molar-refractivity contribution >= 4 is 11.6 Å². The van der Waals surface area contributed by atoms with Crippen molar-refractivity contribution in [1.29, 1.82) is 0 Å². The predicted octanol–water partition coefficient (Wildman–Crippen LogP) is 3.56. The number of aromatic nitrogens is 2. The fourth-order valence-electron chi connectivity index (χ4n) is 1.73. The summed E-state index contributed by atoms with van der Waals surface area (Å²) in [6, 6.07) is 3.31. The van der Waals surface area contributed by atoms with E-state index in [9.17, 15) is 8.78 Å². The van der Waals surface area contributed by atoms with E-state index in [1.54, 1.807) is 6.20 Å². The first-order chi connectivity index (χ1) is 8.54. The molecule has 96 valence electrons. The number of anilines is 2. The number of halogens is 2. The Balaban J connectivity index is 2.20. The van der Waals surface area contributed by atoms with Gasteiger partial charge in [-0.25, -0.2) is 13.8 Å². The minimum absolute atomic E-state index is 0.351. The summed E-state index contributed by atoms with van der Waals surface area (Å²) in [4.78, 5) is 4.13. The summed E-state index contributed by atoms with van der Waals surface area (Å²) in [5.41, 5.74) is 0.351. The van der Waals surface area contributed by atoms with Crippen LogP contribution in [-0.2, 0) is 6.54 Å². The van der Waals surface area contributed by atoms with E-state index in [1.165, 1.54) is 12.1 Å². The minimum atomic E-state index is -0.612. The van der Waals surface area contributed by atoms with Crippen LogP contribution in [0.25, 0.3) is 0 Å². The lowest BCUT2D eigenvalue weighted by molar-refractivity contribution is 0.527. The molecule has 0 atom stereocenters. The molecule has 1 N–H and O–H groups in total. The summed E-state index contributed by atoms with van der Waals surface area (Å²) in [5.74, 6) is -0.184. The van der Waals surface area contributed by atoms with Gasteiger partial charge in [-0.1, -0.05) is 13.8 Å². The van der Waals surface area contributed by atoms with E-state index in [-0.39, 0.29) is 0 Å². The Hall–Kier alpha value is -1.91. The highest BCUT2D eigenvalue weighted by Crippen LogP contribution is 2.18. The molecule has 18 heavy (non-hydrogen) atoms. The Kier molecular flexibility index (Phi) is 3.60. The van der Waals surface area contributed by atoms with Gasteiger partial charge in [-0.05, 0) is 18.1 Å². The van der Waals surface area contributed by atoms with E-state index in [1.807, 2.05) is 10.8 Å². The van der Waals surface area contributed by atoms with E-state index in [2.05, 4.69) is 24.1 Å². The maximum absolute atomic E-state index is 13.1. The fourth-order valence-corrected chi connectivity index (χ4v) is 1.73. The second-order valence-corrected chi connectivity index (χ2v) is 4.58. The number of hydrogen-bond donors (Lipinski definition) is 1. The zero-order valence-corrected chi connectivity index (χ0v) is 10.3. The van der Waals surface area contributed by atoms with Crippen molar-refractivity contribution < 1.29 is 8.78 Å². The molecule has 0 saturated carbocycles. The SMILES string of the molecule is CC(C)Cn1ccnc1Nc1cc(F)cc(F)c1. The molecule has 0 aliphatic heterocycles. The van der Waals surface area contributed by atoms with E-state index in [0.29, 0.717) is 17.6 Å². The Morgan fingerprint density at radius 2 is 1.89 bits per heavy atom. The maximum Gasteiger partial charge on any atom is 0.207 e. The molecule has 1 heterocycles. The van der Waals surface area contributed by atoms with Gasteiger partial charge in [0.05, 0.1) is 0 Å². The Morgan fingerprint density at radius 1 is 1.22 bits per heavy atom. The summed E-state index contributed by atoms with van der Waals surface area (Å²) in [5, 5.41) is 2.91. The Labute approximate surface area is 104 Å². The summed E-state index contributed by atoms with van der Waals surface area (Å²) in [7, 11) is 0. The van der Waals surface area contributed by atoms with Crippen LogP contribution in [0.5, 0.6) is 0 Å². The first kappa shape index (κ1) is 12.5. The third-order valence-electron chi connectivity index (χ3n) is 2.40. The topological polar surface area (TPSA) is 29.9 Å². The second-order valence-electron chi connectivity index (χ2n) is 4.58. The highest BCUT2D eigenvalue weighted by Gasteiger charge is 2.06. The molecule has 0 amide bonds. The molecule has 0 radical (unpaired) electrons. The van der Waals surface area contributed by atoms with Gasteiger partial charge in [-0.3, -0.25) is 0 Å². The molecule has 5 heteroatoms. The van der Waals surface area contributed by atoms with Crippen molar-refractivity contribution in [3.63, 3.8) is 0 Å². The molecule has 3 nitrogen and oxygen atoms in total. The molecule has 0 spiro atoms. The van der Waals surface area contributed by atoms with Gasteiger partial charge in [0.1, 0.15) is 11.6 Å². The quantitative estimate of drug-likeness (QED) is 0.900. The lowest BCUT2D eigenvalue weighted by Crippen LogP contribution is -2.07. The van der Waals surface area contributed by atoms with Crippen molar-refractivity contribution in [1.82, 2.24) is 9.55 Å². The first-order valence-corrected chi connectivity index (χ1v) is 5.79. The van der Waals surface area contributed by atoms with Crippen LogP contribution in [0.2, 0.25) is 0 Å².